The monoisotopic (exact) mass is 334 g/mol. The van der Waals surface area contributed by atoms with Gasteiger partial charge in [0.2, 0.25) is 0 Å². The molecule has 0 aromatic heterocycles. The third kappa shape index (κ3) is 8.08. The molecule has 0 N–H and O–H groups in total. The fraction of sp³-hybridized carbons (Fsp3) is 0.727. The van der Waals surface area contributed by atoms with Gasteiger partial charge in [0.15, 0.2) is 0 Å². The van der Waals surface area contributed by atoms with E-state index in [2.05, 4.69) is 19.1 Å². The predicted molar refractivity (Wildman–Crippen MR) is 104 cm³/mol. The molecule has 0 saturated heterocycles. The van der Waals surface area contributed by atoms with Crippen LogP contribution in [0.2, 0.25) is 0 Å². The smallest absolute Gasteiger partial charge is 0.125 e. The van der Waals surface area contributed by atoms with Crippen LogP contribution in [0, 0.1) is 6.92 Å². The van der Waals surface area contributed by atoms with Gasteiger partial charge >= 0.3 is 0 Å². The molecule has 0 unspecified atom stereocenters. The molecule has 1 aromatic carbocycles. The van der Waals surface area contributed by atoms with Gasteiger partial charge < -0.3 is 9.47 Å². The zero-order valence-electron chi connectivity index (χ0n) is 16.5. The summed E-state index contributed by atoms with van der Waals surface area (Å²) in [4.78, 5) is 0. The van der Waals surface area contributed by atoms with Gasteiger partial charge in [0.25, 0.3) is 0 Å². The van der Waals surface area contributed by atoms with E-state index in [1.165, 1.54) is 76.2 Å². The van der Waals surface area contributed by atoms with Crippen molar-refractivity contribution in [2.75, 3.05) is 14.2 Å². The Kier molecular flexibility index (Phi) is 11.4. The van der Waals surface area contributed by atoms with Crippen molar-refractivity contribution in [3.63, 3.8) is 0 Å². The van der Waals surface area contributed by atoms with E-state index in [-0.39, 0.29) is 0 Å². The second kappa shape index (κ2) is 13.1. The maximum atomic E-state index is 5.45. The number of unbranched alkanes of at least 4 members (excludes halogenated alkanes) is 10. The molecule has 0 atom stereocenters. The maximum absolute atomic E-state index is 5.45. The standard InChI is InChI=1S/C22H38O2/c1-5-6-7-8-9-10-11-12-13-14-15-16-20-17-21(23-3)19(2)22(18-20)24-4/h17-18H,5-16H2,1-4H3. The van der Waals surface area contributed by atoms with Crippen LogP contribution in [-0.4, -0.2) is 14.2 Å². The van der Waals surface area contributed by atoms with E-state index in [1.54, 1.807) is 14.2 Å². The fourth-order valence-corrected chi connectivity index (χ4v) is 3.28. The van der Waals surface area contributed by atoms with Crippen molar-refractivity contribution in [1.29, 1.82) is 0 Å². The first-order valence-electron chi connectivity index (χ1n) is 9.94. The van der Waals surface area contributed by atoms with Gasteiger partial charge in [0.05, 0.1) is 14.2 Å². The average Bonchev–Trinajstić information content (AvgIpc) is 2.60. The van der Waals surface area contributed by atoms with Gasteiger partial charge in [-0.1, -0.05) is 71.1 Å². The van der Waals surface area contributed by atoms with Crippen molar-refractivity contribution in [3.05, 3.63) is 23.3 Å². The van der Waals surface area contributed by atoms with E-state index in [0.717, 1.165) is 23.5 Å². The molecule has 2 heteroatoms. The summed E-state index contributed by atoms with van der Waals surface area (Å²) in [7, 11) is 3.46. The van der Waals surface area contributed by atoms with Gasteiger partial charge in [-0.3, -0.25) is 0 Å². The maximum Gasteiger partial charge on any atom is 0.125 e. The Balaban J connectivity index is 2.13. The van der Waals surface area contributed by atoms with Crippen molar-refractivity contribution in [3.8, 4) is 11.5 Å². The van der Waals surface area contributed by atoms with Crippen LogP contribution < -0.4 is 9.47 Å². The van der Waals surface area contributed by atoms with Crippen molar-refractivity contribution < 1.29 is 9.47 Å². The van der Waals surface area contributed by atoms with Crippen LogP contribution in [0.3, 0.4) is 0 Å². The fourth-order valence-electron chi connectivity index (χ4n) is 3.28. The zero-order valence-corrected chi connectivity index (χ0v) is 16.5. The Morgan fingerprint density at radius 2 is 1.08 bits per heavy atom. The third-order valence-electron chi connectivity index (χ3n) is 4.88. The lowest BCUT2D eigenvalue weighted by Crippen LogP contribution is -1.96. The lowest BCUT2D eigenvalue weighted by molar-refractivity contribution is 0.387. The van der Waals surface area contributed by atoms with Crippen LogP contribution in [0.5, 0.6) is 11.5 Å². The van der Waals surface area contributed by atoms with Crippen LogP contribution in [0.1, 0.15) is 88.7 Å². The summed E-state index contributed by atoms with van der Waals surface area (Å²) in [5, 5.41) is 0. The lowest BCUT2D eigenvalue weighted by Gasteiger charge is -2.12. The SMILES string of the molecule is CCCCCCCCCCCCCc1cc(OC)c(C)c(OC)c1. The molecule has 24 heavy (non-hydrogen) atoms. The summed E-state index contributed by atoms with van der Waals surface area (Å²) >= 11 is 0. The average molecular weight is 335 g/mol. The van der Waals surface area contributed by atoms with E-state index in [1.807, 2.05) is 6.92 Å². The Morgan fingerprint density at radius 3 is 1.50 bits per heavy atom. The summed E-state index contributed by atoms with van der Waals surface area (Å²) in [6.07, 6.45) is 16.4. The van der Waals surface area contributed by atoms with Gasteiger partial charge in [-0.05, 0) is 37.5 Å². The van der Waals surface area contributed by atoms with E-state index in [9.17, 15) is 0 Å². The number of ether oxygens (including phenoxy) is 2. The molecular weight excluding hydrogens is 296 g/mol. The van der Waals surface area contributed by atoms with Crippen molar-refractivity contribution >= 4 is 0 Å². The van der Waals surface area contributed by atoms with Crippen molar-refractivity contribution in [1.82, 2.24) is 0 Å². The number of hydrogen-bond acceptors (Lipinski definition) is 2. The quantitative estimate of drug-likeness (QED) is 0.346. The highest BCUT2D eigenvalue weighted by molar-refractivity contribution is 5.47. The molecule has 1 rings (SSSR count). The molecule has 0 fully saturated rings. The van der Waals surface area contributed by atoms with Gasteiger partial charge in [-0.2, -0.15) is 0 Å². The highest BCUT2D eigenvalue weighted by Gasteiger charge is 2.08. The van der Waals surface area contributed by atoms with E-state index in [0.29, 0.717) is 0 Å². The number of aryl methyl sites for hydroxylation is 1. The largest absolute Gasteiger partial charge is 0.496 e. The number of hydrogen-bond donors (Lipinski definition) is 0. The second-order valence-corrected chi connectivity index (χ2v) is 6.91. The summed E-state index contributed by atoms with van der Waals surface area (Å²) < 4.78 is 10.9. The minimum absolute atomic E-state index is 0.937. The Hall–Kier alpha value is -1.18. The minimum Gasteiger partial charge on any atom is -0.496 e. The molecule has 138 valence electrons. The molecule has 0 amide bonds. The molecule has 0 heterocycles. The number of methoxy groups -OCH3 is 2. The van der Waals surface area contributed by atoms with Gasteiger partial charge in [0.1, 0.15) is 11.5 Å². The van der Waals surface area contributed by atoms with E-state index >= 15 is 0 Å². The van der Waals surface area contributed by atoms with Gasteiger partial charge in [-0.25, -0.2) is 0 Å². The normalized spacial score (nSPS) is 10.8. The van der Waals surface area contributed by atoms with Crippen molar-refractivity contribution in [2.45, 2.75) is 90.9 Å². The second-order valence-electron chi connectivity index (χ2n) is 6.91. The number of rotatable bonds is 14. The summed E-state index contributed by atoms with van der Waals surface area (Å²) in [5.74, 6) is 1.87. The number of benzene rings is 1. The molecule has 0 spiro atoms. The molecule has 0 radical (unpaired) electrons. The highest BCUT2D eigenvalue weighted by Crippen LogP contribution is 2.30. The molecule has 0 bridgehead atoms. The predicted octanol–water partition coefficient (Wildman–Crippen LogP) is 6.87. The van der Waals surface area contributed by atoms with Crippen LogP contribution >= 0.6 is 0 Å². The van der Waals surface area contributed by atoms with Crippen molar-refractivity contribution in [2.24, 2.45) is 0 Å². The Bertz CT molecular complexity index is 415. The molecular formula is C22H38O2. The topological polar surface area (TPSA) is 18.5 Å². The molecule has 0 aliphatic carbocycles. The lowest BCUT2D eigenvalue weighted by atomic mass is 10.0. The van der Waals surface area contributed by atoms with Gasteiger partial charge in [0, 0.05) is 5.56 Å². The Morgan fingerprint density at radius 1 is 0.667 bits per heavy atom. The molecule has 0 saturated carbocycles. The first-order valence-corrected chi connectivity index (χ1v) is 9.94. The van der Waals surface area contributed by atoms with Crippen LogP contribution in [-0.2, 0) is 6.42 Å². The summed E-state index contributed by atoms with van der Waals surface area (Å²) in [6.45, 7) is 4.33. The van der Waals surface area contributed by atoms with Crippen LogP contribution in [0.4, 0.5) is 0 Å². The Labute approximate surface area is 149 Å². The van der Waals surface area contributed by atoms with E-state index < -0.39 is 0 Å². The molecule has 0 aliphatic rings. The third-order valence-corrected chi connectivity index (χ3v) is 4.88. The van der Waals surface area contributed by atoms with Crippen LogP contribution in [0.25, 0.3) is 0 Å². The first-order chi connectivity index (χ1) is 11.7. The highest BCUT2D eigenvalue weighted by atomic mass is 16.5. The molecule has 2 nitrogen and oxygen atoms in total. The van der Waals surface area contributed by atoms with Gasteiger partial charge in [-0.15, -0.1) is 0 Å². The zero-order chi connectivity index (χ0) is 17.6. The van der Waals surface area contributed by atoms with Crippen LogP contribution in [0.15, 0.2) is 12.1 Å². The first kappa shape index (κ1) is 20.9. The summed E-state index contributed by atoms with van der Waals surface area (Å²) in [5.41, 5.74) is 2.41. The summed E-state index contributed by atoms with van der Waals surface area (Å²) in [6, 6.07) is 4.32. The van der Waals surface area contributed by atoms with E-state index in [4.69, 9.17) is 9.47 Å². The molecule has 0 aliphatic heterocycles. The molecule has 1 aromatic rings. The minimum atomic E-state index is 0.937.